The maximum Gasteiger partial charge on any atom is 0.223 e. The van der Waals surface area contributed by atoms with Crippen LogP contribution in [-0.2, 0) is 11.3 Å². The molecule has 1 aliphatic rings. The zero-order valence-electron chi connectivity index (χ0n) is 17.2. The van der Waals surface area contributed by atoms with E-state index in [-0.39, 0.29) is 30.3 Å². The number of ether oxygens (including phenoxy) is 1. The number of nitrogens with one attached hydrogen (secondary N) is 1. The van der Waals surface area contributed by atoms with Gasteiger partial charge < -0.3 is 14.5 Å². The highest BCUT2D eigenvalue weighted by Gasteiger charge is 2.25. The molecule has 0 spiro atoms. The summed E-state index contributed by atoms with van der Waals surface area (Å²) in [5.74, 6) is 0.498. The average molecular weight is 420 g/mol. The first-order valence-electron chi connectivity index (χ1n) is 9.91. The van der Waals surface area contributed by atoms with Crippen LogP contribution in [0.2, 0.25) is 0 Å². The first kappa shape index (κ1) is 21.5. The number of ketones is 1. The summed E-state index contributed by atoms with van der Waals surface area (Å²) in [6.45, 7) is 7.49. The van der Waals surface area contributed by atoms with E-state index in [0.29, 0.717) is 25.4 Å². The van der Waals surface area contributed by atoms with E-state index in [9.17, 15) is 14.0 Å². The van der Waals surface area contributed by atoms with Gasteiger partial charge in [-0.3, -0.25) is 9.59 Å². The number of quaternary nitrogens is 1. The van der Waals surface area contributed by atoms with E-state index in [4.69, 9.17) is 4.74 Å². The predicted molar refractivity (Wildman–Crippen MR) is 111 cm³/mol. The summed E-state index contributed by atoms with van der Waals surface area (Å²) in [5.41, 5.74) is 1.59. The van der Waals surface area contributed by atoms with Crippen molar-refractivity contribution in [1.29, 1.82) is 0 Å². The Morgan fingerprint density at radius 3 is 2.52 bits per heavy atom. The Bertz CT molecular complexity index is 888. The van der Waals surface area contributed by atoms with Crippen LogP contribution in [0.4, 0.5) is 4.39 Å². The van der Waals surface area contributed by atoms with Gasteiger partial charge in [-0.2, -0.15) is 0 Å². The molecule has 3 rings (SSSR count). The minimum atomic E-state index is -0.269. The molecule has 2 heterocycles. The van der Waals surface area contributed by atoms with Crippen LogP contribution in [0, 0.1) is 19.7 Å². The topological polar surface area (TPSA) is 51.1 Å². The Kier molecular flexibility index (Phi) is 7.03. The second-order valence-corrected chi connectivity index (χ2v) is 8.97. The van der Waals surface area contributed by atoms with Gasteiger partial charge >= 0.3 is 0 Å². The summed E-state index contributed by atoms with van der Waals surface area (Å²) in [4.78, 5) is 30.2. The number of piperazine rings is 1. The van der Waals surface area contributed by atoms with E-state index in [1.807, 2.05) is 24.8 Å². The highest BCUT2D eigenvalue weighted by atomic mass is 32.1. The summed E-state index contributed by atoms with van der Waals surface area (Å²) in [6.07, 6.45) is 0.504. The van der Waals surface area contributed by atoms with E-state index in [1.165, 1.54) is 17.0 Å². The van der Waals surface area contributed by atoms with Gasteiger partial charge in [0.05, 0.1) is 38.9 Å². The molecular formula is C22H28FN2O3S+. The quantitative estimate of drug-likeness (QED) is 0.702. The Morgan fingerprint density at radius 2 is 1.90 bits per heavy atom. The Hall–Kier alpha value is -2.25. The van der Waals surface area contributed by atoms with Gasteiger partial charge in [0, 0.05) is 28.2 Å². The minimum absolute atomic E-state index is 0.0327. The van der Waals surface area contributed by atoms with Crippen molar-refractivity contribution in [3.05, 3.63) is 51.0 Å². The maximum absolute atomic E-state index is 13.6. The monoisotopic (exact) mass is 419 g/mol. The summed E-state index contributed by atoms with van der Waals surface area (Å²) >= 11 is 1.61. The highest BCUT2D eigenvalue weighted by molar-refractivity contribution is 7.12. The largest absolute Gasteiger partial charge is 0.496 e. The molecule has 1 amide bonds. The number of methoxy groups -OCH3 is 1. The lowest BCUT2D eigenvalue weighted by molar-refractivity contribution is -0.917. The Labute approximate surface area is 175 Å². The smallest absolute Gasteiger partial charge is 0.223 e. The van der Waals surface area contributed by atoms with Crippen molar-refractivity contribution in [3.8, 4) is 5.75 Å². The first-order valence-corrected chi connectivity index (χ1v) is 10.7. The predicted octanol–water partition coefficient (Wildman–Crippen LogP) is 2.40. The zero-order chi connectivity index (χ0) is 21.0. The molecule has 156 valence electrons. The van der Waals surface area contributed by atoms with Crippen LogP contribution in [0.5, 0.6) is 5.75 Å². The van der Waals surface area contributed by atoms with Gasteiger partial charge in [0.1, 0.15) is 18.1 Å². The summed E-state index contributed by atoms with van der Waals surface area (Å²) < 4.78 is 18.9. The van der Waals surface area contributed by atoms with E-state index in [0.717, 1.165) is 34.0 Å². The molecule has 0 saturated carbocycles. The molecule has 0 atom stereocenters. The molecule has 0 unspecified atom stereocenters. The second kappa shape index (κ2) is 9.50. The number of amides is 1. The number of Topliss-reactive ketones (excluding diaryl/α,β-unsaturated/α-hetero) is 1. The Morgan fingerprint density at radius 1 is 1.17 bits per heavy atom. The molecule has 5 nitrogen and oxygen atoms in total. The van der Waals surface area contributed by atoms with E-state index >= 15 is 0 Å². The normalized spacial score (nSPS) is 14.8. The summed E-state index contributed by atoms with van der Waals surface area (Å²) in [5, 5.41) is 0. The van der Waals surface area contributed by atoms with Crippen molar-refractivity contribution in [1.82, 2.24) is 4.90 Å². The van der Waals surface area contributed by atoms with Crippen molar-refractivity contribution in [2.45, 2.75) is 33.2 Å². The standard InChI is InChI=1S/C22H27FN2O3S/c1-15-12-19(16(2)29-15)20(26)5-7-22(27)25-10-8-24(9-11-25)14-17-13-18(23)4-6-21(17)28-3/h4,6,12-13H,5,7-11,14H2,1-3H3/p+1. The average Bonchev–Trinajstić information content (AvgIpc) is 3.05. The van der Waals surface area contributed by atoms with Gasteiger partial charge in [-0.15, -0.1) is 11.3 Å². The number of hydrogen-bond acceptors (Lipinski definition) is 4. The van der Waals surface area contributed by atoms with E-state index < -0.39 is 0 Å². The van der Waals surface area contributed by atoms with Crippen molar-refractivity contribution in [2.75, 3.05) is 33.3 Å². The number of nitrogens with zero attached hydrogens (tertiary/aromatic N) is 1. The van der Waals surface area contributed by atoms with Crippen LogP contribution in [0.25, 0.3) is 0 Å². The van der Waals surface area contributed by atoms with Crippen LogP contribution in [-0.4, -0.2) is 49.9 Å². The minimum Gasteiger partial charge on any atom is -0.496 e. The van der Waals surface area contributed by atoms with Gasteiger partial charge in [-0.1, -0.05) is 0 Å². The van der Waals surface area contributed by atoms with E-state index in [2.05, 4.69) is 0 Å². The molecule has 1 aromatic heterocycles. The molecule has 0 bridgehead atoms. The third kappa shape index (κ3) is 5.42. The molecule has 1 saturated heterocycles. The van der Waals surface area contributed by atoms with Gasteiger partial charge in [-0.25, -0.2) is 4.39 Å². The molecule has 29 heavy (non-hydrogen) atoms. The molecule has 0 radical (unpaired) electrons. The van der Waals surface area contributed by atoms with Crippen molar-refractivity contribution in [3.63, 3.8) is 0 Å². The zero-order valence-corrected chi connectivity index (χ0v) is 18.0. The lowest BCUT2D eigenvalue weighted by Gasteiger charge is -2.32. The Balaban J connectivity index is 1.48. The fourth-order valence-corrected chi connectivity index (χ4v) is 4.77. The number of aryl methyl sites for hydroxylation is 2. The number of hydrogen-bond donors (Lipinski definition) is 1. The summed E-state index contributed by atoms with van der Waals surface area (Å²) in [7, 11) is 1.59. The number of carbonyl (C=O) groups excluding carboxylic acids is 2. The molecular weight excluding hydrogens is 391 g/mol. The van der Waals surface area contributed by atoms with Gasteiger partial charge in [0.2, 0.25) is 5.91 Å². The second-order valence-electron chi connectivity index (χ2n) is 7.51. The number of thiophene rings is 1. The first-order chi connectivity index (χ1) is 13.9. The molecule has 1 N–H and O–H groups in total. The van der Waals surface area contributed by atoms with Crippen LogP contribution in [0.15, 0.2) is 24.3 Å². The number of rotatable bonds is 7. The van der Waals surface area contributed by atoms with Gasteiger partial charge in [0.15, 0.2) is 5.78 Å². The van der Waals surface area contributed by atoms with Crippen molar-refractivity contribution < 1.29 is 23.6 Å². The van der Waals surface area contributed by atoms with E-state index in [1.54, 1.807) is 24.5 Å². The molecule has 1 fully saturated rings. The fourth-order valence-electron chi connectivity index (χ4n) is 3.82. The van der Waals surface area contributed by atoms with Crippen LogP contribution < -0.4 is 9.64 Å². The number of halogens is 1. The van der Waals surface area contributed by atoms with Crippen LogP contribution >= 0.6 is 11.3 Å². The molecule has 1 aromatic carbocycles. The summed E-state index contributed by atoms with van der Waals surface area (Å²) in [6, 6.07) is 6.48. The molecule has 2 aromatic rings. The lowest BCUT2D eigenvalue weighted by atomic mass is 10.1. The lowest BCUT2D eigenvalue weighted by Crippen LogP contribution is -3.13. The van der Waals surface area contributed by atoms with Crippen LogP contribution in [0.1, 0.15) is 38.5 Å². The maximum atomic E-state index is 13.6. The third-order valence-electron chi connectivity index (χ3n) is 5.41. The molecule has 7 heteroatoms. The van der Waals surface area contributed by atoms with Gasteiger partial charge in [0.25, 0.3) is 0 Å². The SMILES string of the molecule is COc1ccc(F)cc1C[NH+]1CCN(C(=O)CCC(=O)c2cc(C)sc2C)CC1. The van der Waals surface area contributed by atoms with Gasteiger partial charge in [-0.05, 0) is 38.1 Å². The third-order valence-corrected chi connectivity index (χ3v) is 6.38. The fraction of sp³-hybridized carbons (Fsp3) is 0.455. The van der Waals surface area contributed by atoms with Crippen LogP contribution in [0.3, 0.4) is 0 Å². The number of benzene rings is 1. The molecule has 0 aliphatic carbocycles. The number of carbonyl (C=O) groups is 2. The highest BCUT2D eigenvalue weighted by Crippen LogP contribution is 2.22. The van der Waals surface area contributed by atoms with Crippen molar-refractivity contribution >= 4 is 23.0 Å². The molecule has 1 aliphatic heterocycles. The van der Waals surface area contributed by atoms with Crippen molar-refractivity contribution in [2.24, 2.45) is 0 Å².